The second-order valence-electron chi connectivity index (χ2n) is 6.47. The van der Waals surface area contributed by atoms with Crippen LogP contribution in [0.4, 0.5) is 0 Å². The van der Waals surface area contributed by atoms with Gasteiger partial charge in [-0.1, -0.05) is 30.3 Å². The van der Waals surface area contributed by atoms with Gasteiger partial charge in [0.2, 0.25) is 0 Å². The number of carbonyl (C=O) groups is 1. The average Bonchev–Trinajstić information content (AvgIpc) is 3.37. The number of halogens is 1. The summed E-state index contributed by atoms with van der Waals surface area (Å²) in [5.74, 6) is 1.40. The smallest absolute Gasteiger partial charge is 0.272 e. The molecule has 4 rings (SSSR count). The van der Waals surface area contributed by atoms with E-state index in [9.17, 15) is 4.79 Å². The van der Waals surface area contributed by atoms with E-state index in [0.29, 0.717) is 24.7 Å². The maximum atomic E-state index is 12.7. The second kappa shape index (κ2) is 6.87. The maximum absolute atomic E-state index is 12.7. The Morgan fingerprint density at radius 1 is 1.12 bits per heavy atom. The van der Waals surface area contributed by atoms with Crippen LogP contribution in [0, 0.1) is 0 Å². The zero-order valence-corrected chi connectivity index (χ0v) is 14.2. The van der Waals surface area contributed by atoms with Crippen LogP contribution in [-0.2, 0) is 0 Å². The van der Waals surface area contributed by atoms with Gasteiger partial charge in [-0.25, -0.2) is 9.97 Å². The van der Waals surface area contributed by atoms with Gasteiger partial charge in [0.1, 0.15) is 11.5 Å². The molecule has 2 aromatic rings. The van der Waals surface area contributed by atoms with E-state index in [-0.39, 0.29) is 30.3 Å². The van der Waals surface area contributed by atoms with Gasteiger partial charge in [0.25, 0.3) is 5.91 Å². The number of nitrogens with two attached hydrogens (primary N) is 1. The molecule has 1 saturated heterocycles. The fraction of sp³-hybridized carbons (Fsp3) is 0.389. The van der Waals surface area contributed by atoms with E-state index in [1.165, 1.54) is 5.56 Å². The van der Waals surface area contributed by atoms with Crippen molar-refractivity contribution in [3.63, 3.8) is 0 Å². The monoisotopic (exact) mass is 344 g/mol. The molecule has 1 amide bonds. The Hall–Kier alpha value is -1.98. The van der Waals surface area contributed by atoms with Gasteiger partial charge in [-0.05, 0) is 24.5 Å². The molecule has 0 spiro atoms. The highest BCUT2D eigenvalue weighted by molar-refractivity contribution is 5.92. The summed E-state index contributed by atoms with van der Waals surface area (Å²) >= 11 is 0. The van der Waals surface area contributed by atoms with E-state index >= 15 is 0 Å². The van der Waals surface area contributed by atoms with E-state index in [0.717, 1.165) is 18.7 Å². The summed E-state index contributed by atoms with van der Waals surface area (Å²) in [6.07, 6.45) is 3.95. The SMILES string of the molecule is Cl.N[C@@H]1CN(C(=O)c2ccnc(C3CC3)n2)C[C@H]1c1ccccc1. The molecule has 0 radical (unpaired) electrons. The molecule has 1 saturated carbocycles. The first kappa shape index (κ1) is 16.9. The number of likely N-dealkylation sites (tertiary alicyclic amines) is 1. The van der Waals surface area contributed by atoms with Gasteiger partial charge in [-0.2, -0.15) is 0 Å². The fourth-order valence-electron chi connectivity index (χ4n) is 3.24. The van der Waals surface area contributed by atoms with Crippen molar-refractivity contribution < 1.29 is 4.79 Å². The first-order chi connectivity index (χ1) is 11.2. The van der Waals surface area contributed by atoms with Crippen LogP contribution in [0.2, 0.25) is 0 Å². The van der Waals surface area contributed by atoms with Gasteiger partial charge in [0, 0.05) is 37.2 Å². The standard InChI is InChI=1S/C18H20N4O.ClH/c19-15-11-22(10-14(15)12-4-2-1-3-5-12)18(23)16-8-9-20-17(21-16)13-6-7-13;/h1-5,8-9,13-15H,6-7,10-11,19H2;1H/t14-,15+;/m0./s1. The lowest BCUT2D eigenvalue weighted by Crippen LogP contribution is -2.32. The van der Waals surface area contributed by atoms with Crippen molar-refractivity contribution >= 4 is 18.3 Å². The summed E-state index contributed by atoms with van der Waals surface area (Å²) < 4.78 is 0. The van der Waals surface area contributed by atoms with Crippen molar-refractivity contribution in [3.05, 3.63) is 59.7 Å². The van der Waals surface area contributed by atoms with Crippen molar-refractivity contribution in [3.8, 4) is 0 Å². The summed E-state index contributed by atoms with van der Waals surface area (Å²) in [6.45, 7) is 1.22. The lowest BCUT2D eigenvalue weighted by Gasteiger charge is -2.16. The summed E-state index contributed by atoms with van der Waals surface area (Å²) in [4.78, 5) is 23.3. The number of aromatic nitrogens is 2. The van der Waals surface area contributed by atoms with Crippen molar-refractivity contribution in [1.29, 1.82) is 0 Å². The van der Waals surface area contributed by atoms with Gasteiger partial charge in [0.05, 0.1) is 0 Å². The number of carbonyl (C=O) groups excluding carboxylic acids is 1. The molecule has 1 aliphatic carbocycles. The van der Waals surface area contributed by atoms with E-state index in [1.54, 1.807) is 12.3 Å². The predicted molar refractivity (Wildman–Crippen MR) is 94.3 cm³/mol. The zero-order chi connectivity index (χ0) is 15.8. The highest BCUT2D eigenvalue weighted by Crippen LogP contribution is 2.37. The number of hydrogen-bond donors (Lipinski definition) is 1. The number of hydrogen-bond acceptors (Lipinski definition) is 4. The molecule has 126 valence electrons. The van der Waals surface area contributed by atoms with Crippen LogP contribution in [0.15, 0.2) is 42.6 Å². The van der Waals surface area contributed by atoms with Crippen molar-refractivity contribution in [2.75, 3.05) is 13.1 Å². The summed E-state index contributed by atoms with van der Waals surface area (Å²) in [7, 11) is 0. The minimum Gasteiger partial charge on any atom is -0.335 e. The molecule has 24 heavy (non-hydrogen) atoms. The number of nitrogens with zero attached hydrogens (tertiary/aromatic N) is 3. The maximum Gasteiger partial charge on any atom is 0.272 e. The Morgan fingerprint density at radius 3 is 2.58 bits per heavy atom. The summed E-state index contributed by atoms with van der Waals surface area (Å²) in [6, 6.07) is 11.8. The average molecular weight is 345 g/mol. The lowest BCUT2D eigenvalue weighted by molar-refractivity contribution is 0.0783. The number of benzene rings is 1. The first-order valence-corrected chi connectivity index (χ1v) is 8.15. The molecule has 2 atom stereocenters. The van der Waals surface area contributed by atoms with Gasteiger partial charge in [-0.3, -0.25) is 4.79 Å². The molecule has 1 aromatic heterocycles. The molecule has 0 unspecified atom stereocenters. The van der Waals surface area contributed by atoms with Crippen LogP contribution in [-0.4, -0.2) is 39.9 Å². The molecule has 6 heteroatoms. The van der Waals surface area contributed by atoms with E-state index < -0.39 is 0 Å². The van der Waals surface area contributed by atoms with Crippen LogP contribution in [0.25, 0.3) is 0 Å². The molecule has 2 aliphatic rings. The molecule has 0 bridgehead atoms. The minimum absolute atomic E-state index is 0. The fourth-order valence-corrected chi connectivity index (χ4v) is 3.24. The minimum atomic E-state index is -0.0387. The van der Waals surface area contributed by atoms with Crippen molar-refractivity contribution in [1.82, 2.24) is 14.9 Å². The van der Waals surface area contributed by atoms with Crippen LogP contribution in [0.1, 0.15) is 46.6 Å². The Balaban J connectivity index is 0.00000169. The largest absolute Gasteiger partial charge is 0.335 e. The van der Waals surface area contributed by atoms with Gasteiger partial charge < -0.3 is 10.6 Å². The Morgan fingerprint density at radius 2 is 1.88 bits per heavy atom. The molecule has 2 N–H and O–H groups in total. The summed E-state index contributed by atoms with van der Waals surface area (Å²) in [5.41, 5.74) is 7.96. The van der Waals surface area contributed by atoms with Crippen molar-refractivity contribution in [2.45, 2.75) is 30.7 Å². The predicted octanol–water partition coefficient (Wildman–Crippen LogP) is 2.34. The highest BCUT2D eigenvalue weighted by atomic mass is 35.5. The van der Waals surface area contributed by atoms with Gasteiger partial charge in [0.15, 0.2) is 0 Å². The second-order valence-corrected chi connectivity index (χ2v) is 6.47. The van der Waals surface area contributed by atoms with Crippen molar-refractivity contribution in [2.24, 2.45) is 5.73 Å². The quantitative estimate of drug-likeness (QED) is 0.927. The highest BCUT2D eigenvalue weighted by Gasteiger charge is 2.35. The Kier molecular flexibility index (Phi) is 4.83. The Labute approximate surface area is 147 Å². The Bertz CT molecular complexity index is 720. The first-order valence-electron chi connectivity index (χ1n) is 8.15. The third kappa shape index (κ3) is 3.28. The molecular formula is C18H21ClN4O. The number of amides is 1. The topological polar surface area (TPSA) is 72.1 Å². The third-order valence-corrected chi connectivity index (χ3v) is 4.72. The normalized spacial score (nSPS) is 23.0. The number of rotatable bonds is 3. The van der Waals surface area contributed by atoms with E-state index in [4.69, 9.17) is 5.73 Å². The molecule has 2 fully saturated rings. The van der Waals surface area contributed by atoms with Crippen LogP contribution in [0.3, 0.4) is 0 Å². The zero-order valence-electron chi connectivity index (χ0n) is 13.3. The van der Waals surface area contributed by atoms with E-state index in [2.05, 4.69) is 22.1 Å². The molecular weight excluding hydrogens is 324 g/mol. The van der Waals surface area contributed by atoms with Crippen LogP contribution >= 0.6 is 12.4 Å². The lowest BCUT2D eigenvalue weighted by atomic mass is 9.95. The molecule has 2 heterocycles. The van der Waals surface area contributed by atoms with E-state index in [1.807, 2.05) is 23.1 Å². The molecule has 1 aromatic carbocycles. The summed E-state index contributed by atoms with van der Waals surface area (Å²) in [5, 5.41) is 0. The van der Waals surface area contributed by atoms with Gasteiger partial charge >= 0.3 is 0 Å². The van der Waals surface area contributed by atoms with Gasteiger partial charge in [-0.15, -0.1) is 12.4 Å². The third-order valence-electron chi connectivity index (χ3n) is 4.72. The molecule has 1 aliphatic heterocycles. The molecule has 5 nitrogen and oxygen atoms in total. The van der Waals surface area contributed by atoms with Crippen LogP contribution < -0.4 is 5.73 Å². The van der Waals surface area contributed by atoms with Crippen LogP contribution in [0.5, 0.6) is 0 Å².